The second-order valence-corrected chi connectivity index (χ2v) is 7.20. The van der Waals surface area contributed by atoms with E-state index in [0.717, 1.165) is 16.2 Å². The standard InChI is InChI=1S/C21H22N2O5S/c1-26-14-6-4-13(5-7-14)19-18(20(24)28-3)17(22-21(25)23-19)12-29-16-10-8-15(27-2)9-11-16/h4-11,19H,12H2,1-3H3,(H2,22,23,25)/t19-/m1/s1. The maximum absolute atomic E-state index is 12.6. The number of thioether (sulfide) groups is 1. The van der Waals surface area contributed by atoms with Gasteiger partial charge in [-0.2, -0.15) is 0 Å². The minimum absolute atomic E-state index is 0.371. The third-order valence-electron chi connectivity index (χ3n) is 4.45. The lowest BCUT2D eigenvalue weighted by Gasteiger charge is -2.29. The smallest absolute Gasteiger partial charge is 0.338 e. The molecule has 152 valence electrons. The maximum Gasteiger partial charge on any atom is 0.338 e. The molecule has 0 bridgehead atoms. The summed E-state index contributed by atoms with van der Waals surface area (Å²) in [6.07, 6.45) is 0. The van der Waals surface area contributed by atoms with E-state index in [0.29, 0.717) is 22.8 Å². The summed E-state index contributed by atoms with van der Waals surface area (Å²) in [4.78, 5) is 25.8. The lowest BCUT2D eigenvalue weighted by atomic mass is 9.95. The first-order valence-corrected chi connectivity index (χ1v) is 9.84. The second kappa shape index (κ2) is 9.38. The van der Waals surface area contributed by atoms with E-state index in [9.17, 15) is 9.59 Å². The SMILES string of the molecule is COC(=O)C1=C(CSc2ccc(OC)cc2)NC(=O)N[C@@H]1c1ccc(OC)cc1. The van der Waals surface area contributed by atoms with Crippen molar-refractivity contribution in [3.63, 3.8) is 0 Å². The second-order valence-electron chi connectivity index (χ2n) is 6.15. The molecule has 0 spiro atoms. The largest absolute Gasteiger partial charge is 0.497 e. The molecular weight excluding hydrogens is 392 g/mol. The highest BCUT2D eigenvalue weighted by molar-refractivity contribution is 7.99. The van der Waals surface area contributed by atoms with Crippen molar-refractivity contribution in [2.24, 2.45) is 0 Å². The van der Waals surface area contributed by atoms with Crippen molar-refractivity contribution in [2.45, 2.75) is 10.9 Å². The molecule has 1 atom stereocenters. The fourth-order valence-corrected chi connectivity index (χ4v) is 3.82. The predicted molar refractivity (Wildman–Crippen MR) is 110 cm³/mol. The zero-order valence-corrected chi connectivity index (χ0v) is 17.2. The van der Waals surface area contributed by atoms with Gasteiger partial charge >= 0.3 is 12.0 Å². The Morgan fingerprint density at radius 3 is 2.10 bits per heavy atom. The third-order valence-corrected chi connectivity index (χ3v) is 5.49. The van der Waals surface area contributed by atoms with E-state index in [1.807, 2.05) is 36.4 Å². The van der Waals surface area contributed by atoms with Crippen molar-refractivity contribution in [3.8, 4) is 11.5 Å². The van der Waals surface area contributed by atoms with Crippen LogP contribution in [0.2, 0.25) is 0 Å². The van der Waals surface area contributed by atoms with Gasteiger partial charge in [0.2, 0.25) is 0 Å². The molecule has 0 fully saturated rings. The first-order valence-electron chi connectivity index (χ1n) is 8.85. The highest BCUT2D eigenvalue weighted by Crippen LogP contribution is 2.31. The van der Waals surface area contributed by atoms with Gasteiger partial charge in [0.1, 0.15) is 11.5 Å². The summed E-state index contributed by atoms with van der Waals surface area (Å²) in [7, 11) is 4.51. The van der Waals surface area contributed by atoms with E-state index in [4.69, 9.17) is 14.2 Å². The summed E-state index contributed by atoms with van der Waals surface area (Å²) in [5.74, 6) is 1.35. The molecule has 0 saturated carbocycles. The van der Waals surface area contributed by atoms with Gasteiger partial charge in [-0.1, -0.05) is 12.1 Å². The highest BCUT2D eigenvalue weighted by Gasteiger charge is 2.33. The molecule has 1 aliphatic heterocycles. The minimum Gasteiger partial charge on any atom is -0.497 e. The maximum atomic E-state index is 12.6. The molecule has 1 heterocycles. The van der Waals surface area contributed by atoms with Gasteiger partial charge in [-0.25, -0.2) is 9.59 Å². The molecule has 3 rings (SSSR count). The highest BCUT2D eigenvalue weighted by atomic mass is 32.2. The van der Waals surface area contributed by atoms with Crippen molar-refractivity contribution in [1.29, 1.82) is 0 Å². The molecule has 2 aromatic carbocycles. The van der Waals surface area contributed by atoms with E-state index in [2.05, 4.69) is 10.6 Å². The summed E-state index contributed by atoms with van der Waals surface area (Å²) in [5.41, 5.74) is 1.65. The number of carbonyl (C=O) groups excluding carboxylic acids is 2. The molecule has 7 nitrogen and oxygen atoms in total. The molecule has 29 heavy (non-hydrogen) atoms. The zero-order chi connectivity index (χ0) is 20.8. The summed E-state index contributed by atoms with van der Waals surface area (Å²) in [6, 6.07) is 13.8. The van der Waals surface area contributed by atoms with Gasteiger partial charge in [0.25, 0.3) is 0 Å². The summed E-state index contributed by atoms with van der Waals surface area (Å²) < 4.78 is 15.3. The van der Waals surface area contributed by atoms with Crippen LogP contribution >= 0.6 is 11.8 Å². The van der Waals surface area contributed by atoms with Gasteiger partial charge in [0.05, 0.1) is 32.9 Å². The number of hydrogen-bond acceptors (Lipinski definition) is 6. The fourth-order valence-electron chi connectivity index (χ4n) is 2.96. The van der Waals surface area contributed by atoms with Crippen LogP contribution in [0.3, 0.4) is 0 Å². The summed E-state index contributed by atoms with van der Waals surface area (Å²) >= 11 is 1.50. The molecule has 8 heteroatoms. The molecule has 2 aromatic rings. The quantitative estimate of drug-likeness (QED) is 0.534. The van der Waals surface area contributed by atoms with Gasteiger partial charge in [0, 0.05) is 16.3 Å². The Labute approximate surface area is 173 Å². The average Bonchev–Trinajstić information content (AvgIpc) is 2.77. The van der Waals surface area contributed by atoms with Crippen LogP contribution in [0, 0.1) is 0 Å². The molecule has 0 saturated heterocycles. The number of methoxy groups -OCH3 is 3. The zero-order valence-electron chi connectivity index (χ0n) is 16.4. The van der Waals surface area contributed by atoms with Crippen LogP contribution in [0.4, 0.5) is 4.79 Å². The average molecular weight is 414 g/mol. The Bertz CT molecular complexity index is 910. The molecule has 0 radical (unpaired) electrons. The lowest BCUT2D eigenvalue weighted by molar-refractivity contribution is -0.136. The molecule has 2 amide bonds. The van der Waals surface area contributed by atoms with Gasteiger partial charge in [-0.05, 0) is 42.0 Å². The van der Waals surface area contributed by atoms with Crippen molar-refractivity contribution in [1.82, 2.24) is 10.6 Å². The Kier molecular flexibility index (Phi) is 6.66. The first-order chi connectivity index (χ1) is 14.0. The third kappa shape index (κ3) is 4.83. The summed E-state index contributed by atoms with van der Waals surface area (Å²) in [5, 5.41) is 5.56. The number of carbonyl (C=O) groups is 2. The van der Waals surface area contributed by atoms with Crippen LogP contribution in [-0.2, 0) is 9.53 Å². The molecule has 1 aliphatic rings. The number of nitrogens with one attached hydrogen (secondary N) is 2. The Morgan fingerprint density at radius 1 is 0.966 bits per heavy atom. The normalized spacial score (nSPS) is 16.0. The number of benzene rings is 2. The van der Waals surface area contributed by atoms with Crippen LogP contribution in [0.5, 0.6) is 11.5 Å². The van der Waals surface area contributed by atoms with Crippen LogP contribution in [0.25, 0.3) is 0 Å². The number of ether oxygens (including phenoxy) is 3. The van der Waals surface area contributed by atoms with E-state index in [1.165, 1.54) is 18.9 Å². The van der Waals surface area contributed by atoms with Crippen molar-refractivity contribution >= 4 is 23.8 Å². The molecule has 0 unspecified atom stereocenters. The van der Waals surface area contributed by atoms with Crippen molar-refractivity contribution in [3.05, 3.63) is 65.4 Å². The van der Waals surface area contributed by atoms with Gasteiger partial charge in [0.15, 0.2) is 0 Å². The summed E-state index contributed by atoms with van der Waals surface area (Å²) in [6.45, 7) is 0. The topological polar surface area (TPSA) is 85.9 Å². The minimum atomic E-state index is -0.617. The van der Waals surface area contributed by atoms with Crippen LogP contribution in [-0.4, -0.2) is 39.1 Å². The monoisotopic (exact) mass is 414 g/mol. The van der Waals surface area contributed by atoms with Crippen LogP contribution in [0.15, 0.2) is 64.7 Å². The van der Waals surface area contributed by atoms with Crippen LogP contribution < -0.4 is 20.1 Å². The number of amides is 2. The van der Waals surface area contributed by atoms with E-state index >= 15 is 0 Å². The van der Waals surface area contributed by atoms with E-state index in [1.54, 1.807) is 26.4 Å². The number of hydrogen-bond donors (Lipinski definition) is 2. The first kappa shape index (κ1) is 20.6. The lowest BCUT2D eigenvalue weighted by Crippen LogP contribution is -2.46. The molecule has 0 aliphatic carbocycles. The Balaban J connectivity index is 1.90. The van der Waals surface area contributed by atoms with Crippen LogP contribution in [0.1, 0.15) is 11.6 Å². The molecule has 2 N–H and O–H groups in total. The number of rotatable bonds is 7. The number of urea groups is 1. The van der Waals surface area contributed by atoms with Gasteiger partial charge < -0.3 is 24.8 Å². The predicted octanol–water partition coefficient (Wildman–Crippen LogP) is 3.28. The molecule has 0 aromatic heterocycles. The van der Waals surface area contributed by atoms with E-state index in [-0.39, 0.29) is 6.03 Å². The number of esters is 1. The van der Waals surface area contributed by atoms with Crippen molar-refractivity contribution < 1.29 is 23.8 Å². The fraction of sp³-hybridized carbons (Fsp3) is 0.238. The Morgan fingerprint density at radius 2 is 1.55 bits per heavy atom. The van der Waals surface area contributed by atoms with E-state index < -0.39 is 12.0 Å². The molecular formula is C21H22N2O5S. The van der Waals surface area contributed by atoms with Gasteiger partial charge in [-0.3, -0.25) is 0 Å². The van der Waals surface area contributed by atoms with Crippen molar-refractivity contribution in [2.75, 3.05) is 27.1 Å². The Hall–Kier alpha value is -3.13. The van der Waals surface area contributed by atoms with Gasteiger partial charge in [-0.15, -0.1) is 11.8 Å².